The molecule has 15 heteroatoms. The fourth-order valence-electron chi connectivity index (χ4n) is 8.67. The number of amides is 4. The Hall–Kier alpha value is -3.47. The van der Waals surface area contributed by atoms with E-state index in [9.17, 15) is 19.2 Å². The van der Waals surface area contributed by atoms with Gasteiger partial charge in [-0.05, 0) is 56.7 Å². The molecule has 2 aromatic rings. The summed E-state index contributed by atoms with van der Waals surface area (Å²) in [4.78, 5) is 66.9. The van der Waals surface area contributed by atoms with Crippen molar-refractivity contribution in [1.29, 1.82) is 0 Å². The van der Waals surface area contributed by atoms with E-state index in [1.54, 1.807) is 32.4 Å². The minimum absolute atomic E-state index is 0.00993. The normalized spacial score (nSPS) is 18.3. The van der Waals surface area contributed by atoms with Gasteiger partial charge in [0.2, 0.25) is 23.6 Å². The molecule has 0 spiro atoms. The highest BCUT2D eigenvalue weighted by Gasteiger charge is 2.43. The number of ether oxygens (including phenoxy) is 3. The van der Waals surface area contributed by atoms with E-state index in [2.05, 4.69) is 34.8 Å². The molecule has 0 radical (unpaired) electrons. The van der Waals surface area contributed by atoms with Crippen LogP contribution in [0.2, 0.25) is 0 Å². The van der Waals surface area contributed by atoms with Gasteiger partial charge >= 0.3 is 0 Å². The first-order valence-electron chi connectivity index (χ1n) is 22.2. The monoisotopic (exact) mass is 872 g/mol. The van der Waals surface area contributed by atoms with Crippen molar-refractivity contribution in [2.24, 2.45) is 23.7 Å². The van der Waals surface area contributed by atoms with Gasteiger partial charge in [-0.25, -0.2) is 4.98 Å². The molecule has 1 aromatic heterocycles. The molecule has 0 saturated carbocycles. The number of methoxy groups -OCH3 is 2. The average molecular weight is 872 g/mol. The summed E-state index contributed by atoms with van der Waals surface area (Å²) in [5, 5.41) is 12.1. The Balaban J connectivity index is 1.76. The molecule has 1 saturated heterocycles. The summed E-state index contributed by atoms with van der Waals surface area (Å²) in [5.74, 6) is -1.53. The smallest absolute Gasteiger partial charge is 0.245 e. The summed E-state index contributed by atoms with van der Waals surface area (Å²) >= 11 is 1.51. The van der Waals surface area contributed by atoms with Crippen LogP contribution in [0.15, 0.2) is 41.9 Å². The number of hydrogen-bond donors (Lipinski definition) is 3. The van der Waals surface area contributed by atoms with E-state index in [4.69, 9.17) is 14.2 Å². The molecule has 0 bridgehead atoms. The highest BCUT2D eigenvalue weighted by molar-refractivity contribution is 7.09. The number of nitrogens with zero attached hydrogens (tertiary/aromatic N) is 4. The van der Waals surface area contributed by atoms with Crippen LogP contribution in [0.3, 0.4) is 0 Å². The van der Waals surface area contributed by atoms with E-state index in [-0.39, 0.29) is 59.9 Å². The van der Waals surface area contributed by atoms with Crippen LogP contribution in [-0.2, 0) is 39.8 Å². The number of aromatic nitrogens is 1. The summed E-state index contributed by atoms with van der Waals surface area (Å²) < 4.78 is 17.9. The van der Waals surface area contributed by atoms with Gasteiger partial charge in [0.1, 0.15) is 11.0 Å². The molecular formula is C46H77N7O7S. The van der Waals surface area contributed by atoms with Crippen LogP contribution in [0.1, 0.15) is 90.8 Å². The zero-order valence-electron chi connectivity index (χ0n) is 39.0. The lowest BCUT2D eigenvalue weighted by molar-refractivity contribution is -0.148. The number of carbonyl (C=O) groups excluding carboxylic acids is 4. The maximum atomic E-state index is 14.5. The van der Waals surface area contributed by atoms with Gasteiger partial charge in [-0.3, -0.25) is 24.1 Å². The van der Waals surface area contributed by atoms with Crippen LogP contribution in [0.4, 0.5) is 0 Å². The predicted molar refractivity (Wildman–Crippen MR) is 242 cm³/mol. The predicted octanol–water partition coefficient (Wildman–Crippen LogP) is 4.80. The third kappa shape index (κ3) is 14.8. The SMILES string of the molecule is CCC(C)C(C(CC(=O)N1CCCC1C(OC)C(C)C(=O)NC(Cc1ccccc1)c1nccs1)OC)N(C)C(=O)C(NC(=O)C(C(C)C)N(C)CCOCCNC)C(C)C. The molecule has 9 unspecified atom stereocenters. The van der Waals surface area contributed by atoms with Gasteiger partial charge in [0.15, 0.2) is 0 Å². The van der Waals surface area contributed by atoms with E-state index < -0.39 is 36.3 Å². The Morgan fingerprint density at radius 2 is 1.66 bits per heavy atom. The summed E-state index contributed by atoms with van der Waals surface area (Å²) in [6, 6.07) is 7.67. The quantitative estimate of drug-likeness (QED) is 0.107. The first-order chi connectivity index (χ1) is 29.1. The Bertz CT molecular complexity index is 1600. The summed E-state index contributed by atoms with van der Waals surface area (Å²) in [6.45, 7) is 16.8. The van der Waals surface area contributed by atoms with Crippen LogP contribution in [-0.4, -0.2) is 148 Å². The van der Waals surface area contributed by atoms with Crippen molar-refractivity contribution in [3.63, 3.8) is 0 Å². The van der Waals surface area contributed by atoms with Crippen molar-refractivity contribution in [3.05, 3.63) is 52.5 Å². The zero-order chi connectivity index (χ0) is 45.2. The van der Waals surface area contributed by atoms with Crippen LogP contribution >= 0.6 is 11.3 Å². The molecule has 3 rings (SSSR count). The van der Waals surface area contributed by atoms with E-state index in [1.165, 1.54) is 11.3 Å². The fraction of sp³-hybridized carbons (Fsp3) is 0.717. The number of nitrogens with one attached hydrogen (secondary N) is 3. The Labute approximate surface area is 370 Å². The standard InChI is InChI=1S/C46H77N7O7S/c1-13-32(6)41(52(10)46(57)39(30(2)3)50-44(56)40(31(4)5)51(9)24-26-60-25-21-47-8)37(58-11)29-38(54)53-23-17-20-36(53)42(59-12)33(7)43(55)49-35(45-48-22-27-61-45)28-34-18-15-14-16-19-34/h14-16,18-19,22,27,30-33,35-37,39-42,47H,13,17,20-21,23-26,28-29H2,1-12H3,(H,49,55)(H,50,56). The first-order valence-corrected chi connectivity index (χ1v) is 23.1. The molecule has 14 nitrogen and oxygen atoms in total. The summed E-state index contributed by atoms with van der Waals surface area (Å²) in [6.07, 6.45) is 3.41. The van der Waals surface area contributed by atoms with E-state index in [1.807, 2.05) is 94.2 Å². The van der Waals surface area contributed by atoms with Gasteiger partial charge in [0, 0.05) is 52.5 Å². The lowest BCUT2D eigenvalue weighted by Gasteiger charge is -2.41. The molecule has 1 fully saturated rings. The number of hydrogen-bond acceptors (Lipinski definition) is 11. The van der Waals surface area contributed by atoms with E-state index in [0.717, 1.165) is 30.0 Å². The molecule has 344 valence electrons. The topological polar surface area (TPSA) is 155 Å². The maximum absolute atomic E-state index is 14.5. The van der Waals surface area contributed by atoms with Gasteiger partial charge in [0.05, 0.1) is 61.9 Å². The second kappa shape index (κ2) is 26.2. The fourth-order valence-corrected chi connectivity index (χ4v) is 9.36. The molecule has 2 heterocycles. The van der Waals surface area contributed by atoms with E-state index >= 15 is 0 Å². The summed E-state index contributed by atoms with van der Waals surface area (Å²) in [5.41, 5.74) is 1.09. The number of likely N-dealkylation sites (tertiary alicyclic amines) is 1. The second-order valence-corrected chi connectivity index (χ2v) is 18.3. The van der Waals surface area contributed by atoms with Crippen LogP contribution < -0.4 is 16.0 Å². The molecule has 1 aliphatic heterocycles. The molecule has 1 aromatic carbocycles. The highest BCUT2D eigenvalue weighted by Crippen LogP contribution is 2.30. The van der Waals surface area contributed by atoms with Crippen molar-refractivity contribution in [2.75, 3.05) is 68.2 Å². The summed E-state index contributed by atoms with van der Waals surface area (Å²) in [7, 11) is 8.72. The number of likely N-dealkylation sites (N-methyl/N-ethyl adjacent to an activating group) is 3. The number of thiazole rings is 1. The van der Waals surface area contributed by atoms with Crippen LogP contribution in [0.25, 0.3) is 0 Å². The Morgan fingerprint density at radius 1 is 0.951 bits per heavy atom. The van der Waals surface area contributed by atoms with Gasteiger partial charge in [0.25, 0.3) is 0 Å². The third-order valence-electron chi connectivity index (χ3n) is 12.3. The molecule has 3 N–H and O–H groups in total. The zero-order valence-corrected chi connectivity index (χ0v) is 39.8. The maximum Gasteiger partial charge on any atom is 0.245 e. The van der Waals surface area contributed by atoms with Gasteiger partial charge in [-0.1, -0.05) is 85.2 Å². The number of rotatable bonds is 27. The lowest BCUT2D eigenvalue weighted by Crippen LogP contribution is -2.60. The molecule has 4 amide bonds. The lowest BCUT2D eigenvalue weighted by atomic mass is 9.89. The molecule has 1 aliphatic rings. The molecule has 9 atom stereocenters. The second-order valence-electron chi connectivity index (χ2n) is 17.3. The van der Waals surface area contributed by atoms with Gasteiger partial charge in [-0.15, -0.1) is 11.3 Å². The Kier molecular flexibility index (Phi) is 22.3. The van der Waals surface area contributed by atoms with Crippen LogP contribution in [0, 0.1) is 23.7 Å². The minimum atomic E-state index is -0.792. The van der Waals surface area contributed by atoms with Crippen molar-refractivity contribution in [3.8, 4) is 0 Å². The first kappa shape index (κ1) is 51.9. The minimum Gasteiger partial charge on any atom is -0.379 e. The van der Waals surface area contributed by atoms with Gasteiger partial charge in [-0.2, -0.15) is 0 Å². The molecular weight excluding hydrogens is 795 g/mol. The van der Waals surface area contributed by atoms with Gasteiger partial charge < -0.3 is 40.0 Å². The van der Waals surface area contributed by atoms with Crippen molar-refractivity contribution in [1.82, 2.24) is 35.6 Å². The highest BCUT2D eigenvalue weighted by atomic mass is 32.1. The largest absolute Gasteiger partial charge is 0.379 e. The molecule has 61 heavy (non-hydrogen) atoms. The van der Waals surface area contributed by atoms with Crippen molar-refractivity contribution >= 4 is 35.0 Å². The number of carbonyl (C=O) groups is 4. The van der Waals surface area contributed by atoms with E-state index in [0.29, 0.717) is 39.1 Å². The molecule has 0 aliphatic carbocycles. The van der Waals surface area contributed by atoms with Crippen molar-refractivity contribution < 1.29 is 33.4 Å². The third-order valence-corrected chi connectivity index (χ3v) is 13.2. The Morgan fingerprint density at radius 3 is 2.23 bits per heavy atom. The average Bonchev–Trinajstić information content (AvgIpc) is 3.96. The number of benzene rings is 1. The van der Waals surface area contributed by atoms with Crippen molar-refractivity contribution in [2.45, 2.75) is 123 Å². The van der Waals surface area contributed by atoms with Crippen LogP contribution in [0.5, 0.6) is 0 Å².